The van der Waals surface area contributed by atoms with Crippen molar-refractivity contribution in [3.63, 3.8) is 0 Å². The van der Waals surface area contributed by atoms with E-state index in [2.05, 4.69) is 34.9 Å². The number of ether oxygens (including phenoxy) is 2. The lowest BCUT2D eigenvalue weighted by atomic mass is 10.1. The average molecular weight is 435 g/mol. The van der Waals surface area contributed by atoms with Crippen LogP contribution in [0.5, 0.6) is 11.5 Å². The zero-order valence-corrected chi connectivity index (χ0v) is 18.9. The Bertz CT molecular complexity index is 1160. The summed E-state index contributed by atoms with van der Waals surface area (Å²) in [5.74, 6) is 2.70. The number of methoxy groups -OCH3 is 1. The highest BCUT2D eigenvalue weighted by molar-refractivity contribution is 6.32. The van der Waals surface area contributed by atoms with Crippen LogP contribution >= 0.6 is 11.6 Å². The van der Waals surface area contributed by atoms with Crippen LogP contribution in [0.4, 0.5) is 0 Å². The van der Waals surface area contributed by atoms with Crippen LogP contribution in [0.3, 0.4) is 0 Å². The van der Waals surface area contributed by atoms with Crippen molar-refractivity contribution < 1.29 is 9.47 Å². The van der Waals surface area contributed by atoms with Crippen LogP contribution in [0, 0.1) is 13.8 Å². The summed E-state index contributed by atoms with van der Waals surface area (Å²) < 4.78 is 13.6. The maximum absolute atomic E-state index is 6.25. The lowest BCUT2D eigenvalue weighted by Gasteiger charge is -2.12. The predicted octanol–water partition coefficient (Wildman–Crippen LogP) is 6.84. The summed E-state index contributed by atoms with van der Waals surface area (Å²) in [5, 5.41) is 0.811. The van der Waals surface area contributed by atoms with E-state index in [1.807, 2.05) is 44.2 Å². The van der Waals surface area contributed by atoms with Gasteiger partial charge in [0.05, 0.1) is 24.8 Å². The second-order valence-corrected chi connectivity index (χ2v) is 8.11. The molecule has 0 atom stereocenters. The monoisotopic (exact) mass is 434 g/mol. The number of para-hydroxylation sites is 2. The number of nitrogens with zero attached hydrogens (tertiary/aromatic N) is 2. The van der Waals surface area contributed by atoms with E-state index in [4.69, 9.17) is 26.1 Å². The molecule has 4 nitrogen and oxygen atoms in total. The molecule has 1 heterocycles. The SMILES string of the molecule is COc1ccc(-c2nc3ccccc3n2CCCCOc2cc(C)c(Cl)c(C)c2)cc1. The first-order valence-corrected chi connectivity index (χ1v) is 10.9. The van der Waals surface area contributed by atoms with Gasteiger partial charge in [-0.25, -0.2) is 4.98 Å². The molecule has 0 bridgehead atoms. The van der Waals surface area contributed by atoms with Gasteiger partial charge in [0.25, 0.3) is 0 Å². The van der Waals surface area contributed by atoms with Crippen LogP contribution in [0.2, 0.25) is 5.02 Å². The van der Waals surface area contributed by atoms with Gasteiger partial charge in [-0.3, -0.25) is 0 Å². The van der Waals surface area contributed by atoms with Gasteiger partial charge in [0.1, 0.15) is 17.3 Å². The number of rotatable bonds is 8. The number of unbranched alkanes of at least 4 members (excludes halogenated alkanes) is 1. The molecule has 4 rings (SSSR count). The summed E-state index contributed by atoms with van der Waals surface area (Å²) in [6, 6.07) is 20.4. The van der Waals surface area contributed by atoms with Crippen molar-refractivity contribution in [3.05, 3.63) is 76.8 Å². The van der Waals surface area contributed by atoms with E-state index >= 15 is 0 Å². The van der Waals surface area contributed by atoms with Crippen molar-refractivity contribution >= 4 is 22.6 Å². The molecule has 0 aliphatic heterocycles. The standard InChI is InChI=1S/C26H27ClN2O2/c1-18-16-22(17-19(2)25(18)27)31-15-7-6-14-29-24-9-5-4-8-23(24)28-26(29)20-10-12-21(30-3)13-11-20/h4-5,8-13,16-17H,6-7,14-15H2,1-3H3. The molecular weight excluding hydrogens is 408 g/mol. The van der Waals surface area contributed by atoms with Gasteiger partial charge < -0.3 is 14.0 Å². The van der Waals surface area contributed by atoms with Gasteiger partial charge in [0.15, 0.2) is 0 Å². The maximum Gasteiger partial charge on any atom is 0.141 e. The largest absolute Gasteiger partial charge is 0.497 e. The molecule has 0 fully saturated rings. The molecule has 0 spiro atoms. The molecule has 4 aromatic rings. The molecule has 0 saturated carbocycles. The number of imidazole rings is 1. The van der Waals surface area contributed by atoms with Crippen molar-refractivity contribution in [2.45, 2.75) is 33.2 Å². The molecule has 1 aromatic heterocycles. The quantitative estimate of drug-likeness (QED) is 0.285. The zero-order chi connectivity index (χ0) is 21.8. The summed E-state index contributed by atoms with van der Waals surface area (Å²) in [4.78, 5) is 4.89. The van der Waals surface area contributed by atoms with Crippen LogP contribution in [0.15, 0.2) is 60.7 Å². The highest BCUT2D eigenvalue weighted by Crippen LogP contribution is 2.28. The Morgan fingerprint density at radius 2 is 1.61 bits per heavy atom. The molecule has 5 heteroatoms. The molecule has 0 unspecified atom stereocenters. The molecule has 160 valence electrons. The minimum atomic E-state index is 0.672. The molecule has 3 aromatic carbocycles. The first kappa shape index (κ1) is 21.3. The van der Waals surface area contributed by atoms with Crippen molar-refractivity contribution in [2.24, 2.45) is 0 Å². The fraction of sp³-hybridized carbons (Fsp3) is 0.269. The molecule has 0 N–H and O–H groups in total. The zero-order valence-electron chi connectivity index (χ0n) is 18.2. The Labute approximate surface area is 188 Å². The number of halogens is 1. The average Bonchev–Trinajstić information content (AvgIpc) is 3.16. The van der Waals surface area contributed by atoms with Gasteiger partial charge >= 0.3 is 0 Å². The first-order chi connectivity index (χ1) is 15.1. The highest BCUT2D eigenvalue weighted by atomic mass is 35.5. The minimum absolute atomic E-state index is 0.672. The summed E-state index contributed by atoms with van der Waals surface area (Å²) >= 11 is 6.25. The van der Waals surface area contributed by atoms with Crippen molar-refractivity contribution in [2.75, 3.05) is 13.7 Å². The second kappa shape index (κ2) is 9.44. The fourth-order valence-corrected chi connectivity index (χ4v) is 3.92. The Balaban J connectivity index is 1.45. The predicted molar refractivity (Wildman–Crippen MR) is 127 cm³/mol. The van der Waals surface area contributed by atoms with Gasteiger partial charge in [0.2, 0.25) is 0 Å². The maximum atomic E-state index is 6.25. The van der Waals surface area contributed by atoms with Crippen LogP contribution in [-0.2, 0) is 6.54 Å². The first-order valence-electron chi connectivity index (χ1n) is 10.6. The van der Waals surface area contributed by atoms with Crippen molar-refractivity contribution in [3.8, 4) is 22.9 Å². The van der Waals surface area contributed by atoms with E-state index in [9.17, 15) is 0 Å². The molecule has 31 heavy (non-hydrogen) atoms. The summed E-state index contributed by atoms with van der Waals surface area (Å²) in [6.07, 6.45) is 1.95. The molecule has 0 amide bonds. The van der Waals surface area contributed by atoms with E-state index in [0.717, 1.165) is 69.5 Å². The normalized spacial score (nSPS) is 11.1. The van der Waals surface area contributed by atoms with Crippen LogP contribution in [0.25, 0.3) is 22.4 Å². The van der Waals surface area contributed by atoms with E-state index in [-0.39, 0.29) is 0 Å². The summed E-state index contributed by atoms with van der Waals surface area (Å²) in [7, 11) is 1.68. The third kappa shape index (κ3) is 4.70. The topological polar surface area (TPSA) is 36.3 Å². The number of aromatic nitrogens is 2. The number of hydrogen-bond acceptors (Lipinski definition) is 3. The number of benzene rings is 3. The van der Waals surface area contributed by atoms with Gasteiger partial charge in [-0.1, -0.05) is 23.7 Å². The molecule has 0 aliphatic rings. The number of hydrogen-bond donors (Lipinski definition) is 0. The van der Waals surface area contributed by atoms with E-state index in [0.29, 0.717) is 6.61 Å². The summed E-state index contributed by atoms with van der Waals surface area (Å²) in [5.41, 5.74) is 5.34. The van der Waals surface area contributed by atoms with Gasteiger partial charge in [-0.15, -0.1) is 0 Å². The Kier molecular flexibility index (Phi) is 6.47. The third-order valence-corrected chi connectivity index (χ3v) is 6.05. The van der Waals surface area contributed by atoms with Crippen LogP contribution in [-0.4, -0.2) is 23.3 Å². The Morgan fingerprint density at radius 3 is 2.32 bits per heavy atom. The van der Waals surface area contributed by atoms with Crippen molar-refractivity contribution in [1.29, 1.82) is 0 Å². The molecule has 0 saturated heterocycles. The molecular formula is C26H27ClN2O2. The Morgan fingerprint density at radius 1 is 0.903 bits per heavy atom. The third-order valence-electron chi connectivity index (χ3n) is 5.46. The molecule has 0 radical (unpaired) electrons. The van der Waals surface area contributed by atoms with E-state index in [1.54, 1.807) is 7.11 Å². The highest BCUT2D eigenvalue weighted by Gasteiger charge is 2.12. The van der Waals surface area contributed by atoms with Gasteiger partial charge in [-0.2, -0.15) is 0 Å². The lowest BCUT2D eigenvalue weighted by Crippen LogP contribution is -2.04. The van der Waals surface area contributed by atoms with Crippen LogP contribution in [0.1, 0.15) is 24.0 Å². The number of aryl methyl sites for hydroxylation is 3. The number of fused-ring (bicyclic) bond motifs is 1. The summed E-state index contributed by atoms with van der Waals surface area (Å²) in [6.45, 7) is 5.56. The van der Waals surface area contributed by atoms with E-state index in [1.165, 1.54) is 0 Å². The smallest absolute Gasteiger partial charge is 0.141 e. The molecule has 0 aliphatic carbocycles. The fourth-order valence-electron chi connectivity index (χ4n) is 3.81. The second-order valence-electron chi connectivity index (χ2n) is 7.73. The lowest BCUT2D eigenvalue weighted by molar-refractivity contribution is 0.303. The van der Waals surface area contributed by atoms with Crippen molar-refractivity contribution in [1.82, 2.24) is 9.55 Å². The minimum Gasteiger partial charge on any atom is -0.497 e. The van der Waals surface area contributed by atoms with Crippen LogP contribution < -0.4 is 9.47 Å². The van der Waals surface area contributed by atoms with E-state index < -0.39 is 0 Å². The Hall–Kier alpha value is -2.98. The van der Waals surface area contributed by atoms with Gasteiger partial charge in [-0.05, 0) is 86.3 Å². The van der Waals surface area contributed by atoms with Gasteiger partial charge in [0, 0.05) is 17.1 Å².